The predicted octanol–water partition coefficient (Wildman–Crippen LogP) is 3.29. The van der Waals surface area contributed by atoms with Crippen molar-refractivity contribution in [1.29, 1.82) is 0 Å². The zero-order chi connectivity index (χ0) is 14.3. The van der Waals surface area contributed by atoms with Crippen molar-refractivity contribution in [3.05, 3.63) is 0 Å². The number of rotatable bonds is 1. The van der Waals surface area contributed by atoms with Crippen LogP contribution in [0, 0.1) is 11.3 Å². The molecule has 2 aliphatic heterocycles. The molecule has 1 N–H and O–H groups in total. The van der Waals surface area contributed by atoms with Gasteiger partial charge in [-0.1, -0.05) is 26.7 Å². The lowest BCUT2D eigenvalue weighted by molar-refractivity contribution is -0.207. The zero-order valence-electron chi connectivity index (χ0n) is 13.1. The first-order chi connectivity index (χ1) is 9.48. The molecule has 3 aliphatic rings. The van der Waals surface area contributed by atoms with E-state index < -0.39 is 5.60 Å². The minimum absolute atomic E-state index is 0.00950. The van der Waals surface area contributed by atoms with Crippen molar-refractivity contribution in [2.45, 2.75) is 76.4 Å². The molecule has 3 rings (SSSR count). The van der Waals surface area contributed by atoms with Crippen LogP contribution in [0.15, 0.2) is 0 Å². The predicted molar refractivity (Wildman–Crippen MR) is 78.7 cm³/mol. The van der Waals surface area contributed by atoms with Crippen molar-refractivity contribution in [1.82, 2.24) is 0 Å². The number of hydrogen-bond donors (Lipinski definition) is 1. The van der Waals surface area contributed by atoms with E-state index in [-0.39, 0.29) is 11.0 Å². The fourth-order valence-electron chi connectivity index (χ4n) is 4.80. The van der Waals surface area contributed by atoms with Crippen LogP contribution in [0.3, 0.4) is 0 Å². The summed E-state index contributed by atoms with van der Waals surface area (Å²) in [5.41, 5.74) is -0.468. The van der Waals surface area contributed by atoms with Gasteiger partial charge in [-0.25, -0.2) is 0 Å². The highest BCUT2D eigenvalue weighted by atomic mass is 16.5. The standard InChI is InChI=1S/C17H30O3/c1-15(2)6-3-4-7-17(15,18)14-5-10-20-16(13-14)8-11-19-12-9-16/h14,18H,3-13H2,1-2H3. The topological polar surface area (TPSA) is 38.7 Å². The average Bonchev–Trinajstić information content (AvgIpc) is 2.43. The second kappa shape index (κ2) is 5.26. The zero-order valence-corrected chi connectivity index (χ0v) is 13.1. The maximum Gasteiger partial charge on any atom is 0.0730 e. The van der Waals surface area contributed by atoms with Crippen LogP contribution in [-0.2, 0) is 9.47 Å². The highest BCUT2D eigenvalue weighted by molar-refractivity contribution is 5.04. The molecule has 116 valence electrons. The van der Waals surface area contributed by atoms with Crippen molar-refractivity contribution >= 4 is 0 Å². The van der Waals surface area contributed by atoms with Crippen molar-refractivity contribution in [2.75, 3.05) is 19.8 Å². The Balaban J connectivity index is 1.78. The molecule has 3 fully saturated rings. The molecule has 20 heavy (non-hydrogen) atoms. The summed E-state index contributed by atoms with van der Waals surface area (Å²) < 4.78 is 11.7. The van der Waals surface area contributed by atoms with Crippen LogP contribution >= 0.6 is 0 Å². The molecule has 0 aromatic heterocycles. The number of ether oxygens (including phenoxy) is 2. The van der Waals surface area contributed by atoms with Crippen LogP contribution in [0.4, 0.5) is 0 Å². The summed E-state index contributed by atoms with van der Waals surface area (Å²) in [6, 6.07) is 0. The fraction of sp³-hybridized carbons (Fsp3) is 1.00. The van der Waals surface area contributed by atoms with Gasteiger partial charge in [-0.3, -0.25) is 0 Å². The molecule has 3 nitrogen and oxygen atoms in total. The third-order valence-corrected chi connectivity index (χ3v) is 6.35. The summed E-state index contributed by atoms with van der Waals surface area (Å²) in [5, 5.41) is 11.5. The maximum absolute atomic E-state index is 11.5. The summed E-state index contributed by atoms with van der Waals surface area (Å²) in [6.45, 7) is 6.96. The van der Waals surface area contributed by atoms with Gasteiger partial charge in [-0.2, -0.15) is 0 Å². The van der Waals surface area contributed by atoms with Crippen molar-refractivity contribution < 1.29 is 14.6 Å². The van der Waals surface area contributed by atoms with Crippen molar-refractivity contribution in [3.8, 4) is 0 Å². The Labute approximate surface area is 123 Å². The van der Waals surface area contributed by atoms with Gasteiger partial charge in [0.25, 0.3) is 0 Å². The van der Waals surface area contributed by atoms with Crippen LogP contribution in [0.1, 0.15) is 65.2 Å². The summed E-state index contributed by atoms with van der Waals surface area (Å²) in [4.78, 5) is 0. The first kappa shape index (κ1) is 14.8. The molecule has 0 bridgehead atoms. The van der Waals surface area contributed by atoms with Gasteiger partial charge in [0.1, 0.15) is 0 Å². The molecular weight excluding hydrogens is 252 g/mol. The maximum atomic E-state index is 11.5. The third-order valence-electron chi connectivity index (χ3n) is 6.35. The summed E-state index contributed by atoms with van der Waals surface area (Å²) in [5.74, 6) is 0.393. The van der Waals surface area contributed by atoms with E-state index in [2.05, 4.69) is 13.8 Å². The lowest BCUT2D eigenvalue weighted by atomic mass is 9.57. The Morgan fingerprint density at radius 1 is 0.950 bits per heavy atom. The first-order valence-corrected chi connectivity index (χ1v) is 8.42. The normalized spacial score (nSPS) is 40.6. The lowest BCUT2D eigenvalue weighted by Crippen LogP contribution is -2.57. The molecule has 1 saturated carbocycles. The molecular formula is C17H30O3. The quantitative estimate of drug-likeness (QED) is 0.802. The van der Waals surface area contributed by atoms with Crippen LogP contribution in [0.5, 0.6) is 0 Å². The Morgan fingerprint density at radius 3 is 2.35 bits per heavy atom. The Kier molecular flexibility index (Phi) is 3.89. The molecule has 0 aromatic carbocycles. The number of hydrogen-bond acceptors (Lipinski definition) is 3. The van der Waals surface area contributed by atoms with Crippen LogP contribution in [-0.4, -0.2) is 36.1 Å². The van der Waals surface area contributed by atoms with E-state index in [1.165, 1.54) is 12.8 Å². The molecule has 0 amide bonds. The Hall–Kier alpha value is -0.120. The third kappa shape index (κ3) is 2.42. The van der Waals surface area contributed by atoms with Gasteiger partial charge in [0.2, 0.25) is 0 Å². The molecule has 3 heteroatoms. The van der Waals surface area contributed by atoms with Crippen LogP contribution in [0.25, 0.3) is 0 Å². The van der Waals surface area contributed by atoms with Gasteiger partial charge in [-0.15, -0.1) is 0 Å². The minimum Gasteiger partial charge on any atom is -0.389 e. The van der Waals surface area contributed by atoms with Gasteiger partial charge in [0.05, 0.1) is 11.2 Å². The highest BCUT2D eigenvalue weighted by Gasteiger charge is 2.53. The average molecular weight is 282 g/mol. The molecule has 0 aromatic rings. The van der Waals surface area contributed by atoms with E-state index in [9.17, 15) is 5.11 Å². The second-order valence-electron chi connectivity index (χ2n) is 7.85. The van der Waals surface area contributed by atoms with Gasteiger partial charge >= 0.3 is 0 Å². The molecule has 1 aliphatic carbocycles. The smallest absolute Gasteiger partial charge is 0.0730 e. The monoisotopic (exact) mass is 282 g/mol. The SMILES string of the molecule is CC1(C)CCCCC1(O)C1CCOC2(CCOCC2)C1. The van der Waals surface area contributed by atoms with E-state index in [1.807, 2.05) is 0 Å². The second-order valence-corrected chi connectivity index (χ2v) is 7.85. The van der Waals surface area contributed by atoms with E-state index in [0.717, 1.165) is 58.3 Å². The fourth-order valence-corrected chi connectivity index (χ4v) is 4.80. The van der Waals surface area contributed by atoms with Gasteiger partial charge in [0, 0.05) is 19.8 Å². The van der Waals surface area contributed by atoms with Crippen molar-refractivity contribution in [2.24, 2.45) is 11.3 Å². The Bertz CT molecular complexity index is 341. The minimum atomic E-state index is -0.500. The van der Waals surface area contributed by atoms with Crippen LogP contribution in [0.2, 0.25) is 0 Å². The number of aliphatic hydroxyl groups is 1. The molecule has 2 unspecified atom stereocenters. The Morgan fingerprint density at radius 2 is 1.65 bits per heavy atom. The van der Waals surface area contributed by atoms with E-state index >= 15 is 0 Å². The van der Waals surface area contributed by atoms with Crippen molar-refractivity contribution in [3.63, 3.8) is 0 Å². The van der Waals surface area contributed by atoms with Gasteiger partial charge in [0.15, 0.2) is 0 Å². The van der Waals surface area contributed by atoms with Crippen LogP contribution < -0.4 is 0 Å². The largest absolute Gasteiger partial charge is 0.389 e. The molecule has 1 spiro atoms. The van der Waals surface area contributed by atoms with E-state index in [0.29, 0.717) is 5.92 Å². The first-order valence-electron chi connectivity index (χ1n) is 8.42. The van der Waals surface area contributed by atoms with E-state index in [1.54, 1.807) is 0 Å². The van der Waals surface area contributed by atoms with E-state index in [4.69, 9.17) is 9.47 Å². The molecule has 2 heterocycles. The summed E-state index contributed by atoms with van der Waals surface area (Å²) in [6.07, 6.45) is 8.60. The summed E-state index contributed by atoms with van der Waals surface area (Å²) >= 11 is 0. The molecule has 0 radical (unpaired) electrons. The molecule has 2 saturated heterocycles. The summed E-state index contributed by atoms with van der Waals surface area (Å²) in [7, 11) is 0. The molecule has 2 atom stereocenters. The van der Waals surface area contributed by atoms with Gasteiger partial charge < -0.3 is 14.6 Å². The van der Waals surface area contributed by atoms with Gasteiger partial charge in [-0.05, 0) is 49.9 Å². The highest BCUT2D eigenvalue weighted by Crippen LogP contribution is 2.53. The lowest BCUT2D eigenvalue weighted by Gasteiger charge is -2.55.